The average molecular weight is 479 g/mol. The number of aryl methyl sites for hydroxylation is 1. The van der Waals surface area contributed by atoms with Crippen LogP contribution < -0.4 is 9.64 Å². The molecule has 0 radical (unpaired) electrons. The Morgan fingerprint density at radius 1 is 1.09 bits per heavy atom. The minimum atomic E-state index is -2.87. The number of ether oxygens (including phenoxy) is 1. The molecule has 4 aromatic rings. The van der Waals surface area contributed by atoms with Crippen LogP contribution in [0.1, 0.15) is 17.8 Å². The lowest BCUT2D eigenvalue weighted by Crippen LogP contribution is -2.32. The summed E-state index contributed by atoms with van der Waals surface area (Å²) in [6, 6.07) is 13.4. The van der Waals surface area contributed by atoms with Crippen LogP contribution in [0.5, 0.6) is 5.75 Å². The fourth-order valence-corrected chi connectivity index (χ4v) is 4.62. The van der Waals surface area contributed by atoms with Gasteiger partial charge in [0.2, 0.25) is 5.95 Å². The number of alkyl halides is 2. The topological polar surface area (TPSA) is 59.3 Å². The molecule has 1 fully saturated rings. The third-order valence-corrected chi connectivity index (χ3v) is 6.60. The lowest BCUT2D eigenvalue weighted by molar-refractivity contribution is -0.0504. The van der Waals surface area contributed by atoms with Gasteiger partial charge in [-0.15, -0.1) is 0 Å². The molecule has 3 heterocycles. The molecular formula is C26H28F2N6O. The van der Waals surface area contributed by atoms with E-state index >= 15 is 0 Å². The highest BCUT2D eigenvalue weighted by Crippen LogP contribution is 2.28. The lowest BCUT2D eigenvalue weighted by atomic mass is 10.1. The maximum atomic E-state index is 12.9. The molecule has 1 aliphatic rings. The molecule has 1 aliphatic heterocycles. The van der Waals surface area contributed by atoms with Crippen molar-refractivity contribution < 1.29 is 13.5 Å². The van der Waals surface area contributed by atoms with Gasteiger partial charge in [-0.05, 0) is 51.2 Å². The third kappa shape index (κ3) is 4.81. The van der Waals surface area contributed by atoms with E-state index in [1.807, 2.05) is 48.1 Å². The van der Waals surface area contributed by atoms with Crippen LogP contribution in [0.4, 0.5) is 14.7 Å². The number of nitrogens with zero attached hydrogens (tertiary/aromatic N) is 6. The molecule has 1 saturated heterocycles. The minimum absolute atomic E-state index is 0.169. The van der Waals surface area contributed by atoms with Crippen molar-refractivity contribution in [1.29, 1.82) is 0 Å². The minimum Gasteiger partial charge on any atom is -0.434 e. The van der Waals surface area contributed by atoms with Crippen molar-refractivity contribution in [1.82, 2.24) is 24.4 Å². The van der Waals surface area contributed by atoms with Gasteiger partial charge in [-0.25, -0.2) is 15.0 Å². The molecule has 0 amide bonds. The number of rotatable bonds is 7. The second-order valence-electron chi connectivity index (χ2n) is 9.06. The van der Waals surface area contributed by atoms with Gasteiger partial charge in [-0.1, -0.05) is 24.3 Å². The Hall–Kier alpha value is -3.59. The second kappa shape index (κ2) is 9.58. The Balaban J connectivity index is 1.42. The van der Waals surface area contributed by atoms with E-state index in [0.717, 1.165) is 53.4 Å². The average Bonchev–Trinajstić information content (AvgIpc) is 3.45. The van der Waals surface area contributed by atoms with Gasteiger partial charge < -0.3 is 19.1 Å². The summed E-state index contributed by atoms with van der Waals surface area (Å²) < 4.78 is 32.5. The number of likely N-dealkylation sites (N-methyl/N-ethyl adjacent to an activating group) is 1. The summed E-state index contributed by atoms with van der Waals surface area (Å²) >= 11 is 0. The van der Waals surface area contributed by atoms with E-state index in [1.54, 1.807) is 18.2 Å². The number of halogens is 2. The molecule has 2 aromatic carbocycles. The lowest BCUT2D eigenvalue weighted by Gasteiger charge is -2.20. The number of aromatic nitrogens is 4. The zero-order chi connectivity index (χ0) is 24.5. The second-order valence-corrected chi connectivity index (χ2v) is 9.06. The highest BCUT2D eigenvalue weighted by molar-refractivity contribution is 5.82. The molecule has 5 rings (SSSR count). The summed E-state index contributed by atoms with van der Waals surface area (Å²) in [5.41, 5.74) is 4.28. The predicted octanol–water partition coefficient (Wildman–Crippen LogP) is 4.59. The van der Waals surface area contributed by atoms with Gasteiger partial charge in [0.1, 0.15) is 11.6 Å². The number of hydrogen-bond donors (Lipinski definition) is 0. The number of para-hydroxylation sites is 1. The van der Waals surface area contributed by atoms with Crippen molar-refractivity contribution in [2.45, 2.75) is 32.5 Å². The third-order valence-electron chi connectivity index (χ3n) is 6.60. The largest absolute Gasteiger partial charge is 0.434 e. The first-order valence-electron chi connectivity index (χ1n) is 11.6. The van der Waals surface area contributed by atoms with Crippen LogP contribution in [0.15, 0.2) is 54.9 Å². The zero-order valence-electron chi connectivity index (χ0n) is 20.0. The van der Waals surface area contributed by atoms with Gasteiger partial charge in [0.15, 0.2) is 0 Å². The van der Waals surface area contributed by atoms with Gasteiger partial charge in [-0.2, -0.15) is 8.78 Å². The predicted molar refractivity (Wildman–Crippen MR) is 132 cm³/mol. The number of imidazole rings is 1. The van der Waals surface area contributed by atoms with Crippen LogP contribution in [-0.2, 0) is 6.54 Å². The van der Waals surface area contributed by atoms with Crippen LogP contribution in [0, 0.1) is 6.92 Å². The molecule has 2 aromatic heterocycles. The maximum absolute atomic E-state index is 12.9. The summed E-state index contributed by atoms with van der Waals surface area (Å²) in [6.45, 7) is 1.27. The number of fused-ring (bicyclic) bond motifs is 1. The van der Waals surface area contributed by atoms with Crippen LogP contribution in [0.25, 0.3) is 22.2 Å². The van der Waals surface area contributed by atoms with E-state index in [-0.39, 0.29) is 5.75 Å². The fraction of sp³-hybridized carbons (Fsp3) is 0.346. The molecule has 0 spiro atoms. The van der Waals surface area contributed by atoms with Gasteiger partial charge in [0.25, 0.3) is 0 Å². The first-order chi connectivity index (χ1) is 16.9. The maximum Gasteiger partial charge on any atom is 0.387 e. The van der Waals surface area contributed by atoms with Crippen LogP contribution in [-0.4, -0.2) is 64.3 Å². The van der Waals surface area contributed by atoms with Crippen molar-refractivity contribution in [3.63, 3.8) is 0 Å². The number of benzene rings is 2. The molecule has 9 heteroatoms. The normalized spacial score (nSPS) is 16.1. The Morgan fingerprint density at radius 2 is 1.86 bits per heavy atom. The summed E-state index contributed by atoms with van der Waals surface area (Å²) in [7, 11) is 4.20. The van der Waals surface area contributed by atoms with E-state index in [0.29, 0.717) is 18.2 Å². The van der Waals surface area contributed by atoms with Crippen molar-refractivity contribution in [2.24, 2.45) is 0 Å². The summed E-state index contributed by atoms with van der Waals surface area (Å²) in [4.78, 5) is 18.4. The summed E-state index contributed by atoms with van der Waals surface area (Å²) in [6.07, 6.45) is 4.81. The molecule has 0 aliphatic carbocycles. The molecular weight excluding hydrogens is 450 g/mol. The number of hydrogen-bond acceptors (Lipinski definition) is 6. The zero-order valence-corrected chi connectivity index (χ0v) is 20.0. The Morgan fingerprint density at radius 3 is 2.57 bits per heavy atom. The van der Waals surface area contributed by atoms with E-state index < -0.39 is 6.61 Å². The van der Waals surface area contributed by atoms with E-state index in [1.165, 1.54) is 0 Å². The molecule has 0 unspecified atom stereocenters. The van der Waals surface area contributed by atoms with E-state index in [9.17, 15) is 8.78 Å². The summed E-state index contributed by atoms with van der Waals surface area (Å²) in [5, 5.41) is 0. The Labute approximate surface area is 203 Å². The van der Waals surface area contributed by atoms with Crippen molar-refractivity contribution in [2.75, 3.05) is 32.1 Å². The van der Waals surface area contributed by atoms with Gasteiger partial charge in [0, 0.05) is 42.7 Å². The number of anilines is 1. The smallest absolute Gasteiger partial charge is 0.387 e. The van der Waals surface area contributed by atoms with E-state index in [4.69, 9.17) is 4.74 Å². The molecule has 0 bridgehead atoms. The van der Waals surface area contributed by atoms with Crippen LogP contribution in [0.2, 0.25) is 0 Å². The molecule has 1 atom stereocenters. The first-order valence-corrected chi connectivity index (χ1v) is 11.6. The fourth-order valence-electron chi connectivity index (χ4n) is 4.62. The van der Waals surface area contributed by atoms with Gasteiger partial charge in [0.05, 0.1) is 17.6 Å². The molecule has 0 N–H and O–H groups in total. The summed E-state index contributed by atoms with van der Waals surface area (Å²) in [5.74, 6) is 1.71. The van der Waals surface area contributed by atoms with Crippen molar-refractivity contribution >= 4 is 17.0 Å². The van der Waals surface area contributed by atoms with Crippen LogP contribution in [0.3, 0.4) is 0 Å². The van der Waals surface area contributed by atoms with Gasteiger partial charge >= 0.3 is 6.61 Å². The first kappa shape index (κ1) is 23.2. The highest BCUT2D eigenvalue weighted by atomic mass is 19.3. The SMILES string of the molecule is Cc1nc2ccc(-c3cnc(N4CC[C@H](N(C)C)C4)nc3)cc2n1Cc1ccccc1OC(F)F. The molecule has 35 heavy (non-hydrogen) atoms. The van der Waals surface area contributed by atoms with Crippen molar-refractivity contribution in [3.8, 4) is 16.9 Å². The molecule has 0 saturated carbocycles. The Bertz CT molecular complexity index is 1320. The van der Waals surface area contributed by atoms with Crippen molar-refractivity contribution in [3.05, 3.63) is 66.2 Å². The standard InChI is InChI=1S/C26H28F2N6O/c1-17-31-22-9-8-18(20-13-29-26(30-14-20)33-11-10-21(16-33)32(2)3)12-23(22)34(17)15-19-6-4-5-7-24(19)35-25(27)28/h4-9,12-14,21,25H,10-11,15-16H2,1-3H3/t21-/m0/s1. The monoisotopic (exact) mass is 478 g/mol. The van der Waals surface area contributed by atoms with E-state index in [2.05, 4.69) is 38.8 Å². The molecule has 7 nitrogen and oxygen atoms in total. The molecule has 182 valence electrons. The quantitative estimate of drug-likeness (QED) is 0.387. The Kier molecular flexibility index (Phi) is 6.34. The highest BCUT2D eigenvalue weighted by Gasteiger charge is 2.25. The van der Waals surface area contributed by atoms with Crippen LogP contribution >= 0.6 is 0 Å². The van der Waals surface area contributed by atoms with Gasteiger partial charge in [-0.3, -0.25) is 0 Å².